The summed E-state index contributed by atoms with van der Waals surface area (Å²) in [7, 11) is 1.65. The van der Waals surface area contributed by atoms with Gasteiger partial charge in [-0.25, -0.2) is 4.57 Å². The number of phosphoric acid groups is 1. The molecule has 47 heavy (non-hydrogen) atoms. The van der Waals surface area contributed by atoms with Gasteiger partial charge in [0.05, 0.1) is 34.4 Å². The Morgan fingerprint density at radius 2 is 1.23 bits per heavy atom. The third-order valence-electron chi connectivity index (χ3n) is 7.72. The van der Waals surface area contributed by atoms with Crippen LogP contribution in [0.15, 0.2) is 36.5 Å². The van der Waals surface area contributed by atoms with E-state index in [0.717, 1.165) is 70.6 Å². The molecule has 0 aliphatic carbocycles. The highest BCUT2D eigenvalue weighted by atomic mass is 31.2. The molecule has 0 amide bonds. The Morgan fingerprint density at radius 3 is 1.85 bits per heavy atom. The zero-order valence-corrected chi connectivity index (χ0v) is 31.9. The number of likely N-dealkylation sites (N-methyl/N-ethyl adjacent to an activating group) is 1. The highest BCUT2D eigenvalue weighted by Gasteiger charge is 2.26. The maximum absolute atomic E-state index is 12.6. The first kappa shape index (κ1) is 45.7. The molecular formula is C38H73NO7P+. The monoisotopic (exact) mass is 687 g/mol. The van der Waals surface area contributed by atoms with Crippen LogP contribution in [0.25, 0.3) is 0 Å². The standard InChI is InChI=1S/C38H72NO7P/c1-6-8-10-12-14-16-18-19-20-21-22-23-25-27-29-31-38(40)46-37(36-45-47(41,42)44-34-32-39(3,4)5)35-43-33-30-28-26-24-17-15-13-11-9-7-2/h8,10,14,16,19-20,37H,6-7,9,11-13,15,17-18,21-36H2,1-5H3/p+1/b10-8-,16-14-,20-19-. The summed E-state index contributed by atoms with van der Waals surface area (Å²) in [5.41, 5.74) is 0. The minimum atomic E-state index is -4.27. The van der Waals surface area contributed by atoms with E-state index in [-0.39, 0.29) is 25.8 Å². The summed E-state index contributed by atoms with van der Waals surface area (Å²) in [5.74, 6) is -0.332. The fourth-order valence-corrected chi connectivity index (χ4v) is 5.54. The van der Waals surface area contributed by atoms with Crippen molar-refractivity contribution in [1.82, 2.24) is 0 Å². The molecule has 276 valence electrons. The smallest absolute Gasteiger partial charge is 0.457 e. The van der Waals surface area contributed by atoms with E-state index in [2.05, 4.69) is 50.3 Å². The summed E-state index contributed by atoms with van der Waals surface area (Å²) in [5, 5.41) is 0. The van der Waals surface area contributed by atoms with Crippen LogP contribution >= 0.6 is 7.82 Å². The van der Waals surface area contributed by atoms with Crippen molar-refractivity contribution < 1.29 is 37.3 Å². The van der Waals surface area contributed by atoms with Gasteiger partial charge >= 0.3 is 13.8 Å². The molecule has 0 saturated heterocycles. The van der Waals surface area contributed by atoms with Gasteiger partial charge in [-0.3, -0.25) is 13.8 Å². The molecule has 0 aliphatic rings. The number of hydrogen-bond donors (Lipinski definition) is 1. The highest BCUT2D eigenvalue weighted by Crippen LogP contribution is 2.43. The van der Waals surface area contributed by atoms with Crippen LogP contribution in [-0.2, 0) is 27.9 Å². The number of carbonyl (C=O) groups is 1. The average molecular weight is 687 g/mol. The Labute approximate surface area is 289 Å². The number of ether oxygens (including phenoxy) is 2. The van der Waals surface area contributed by atoms with Crippen molar-refractivity contribution in [2.45, 2.75) is 148 Å². The maximum atomic E-state index is 12.6. The van der Waals surface area contributed by atoms with Gasteiger partial charge in [-0.2, -0.15) is 0 Å². The SMILES string of the molecule is CC/C=C\C/C=C\C/C=C\CCCCCCCC(=O)OC(COCCCCCCCCCCCC)COP(=O)(O)OCC[N+](C)(C)C. The topological polar surface area (TPSA) is 91.3 Å². The molecule has 2 unspecified atom stereocenters. The van der Waals surface area contributed by atoms with Gasteiger partial charge in [0.15, 0.2) is 0 Å². The quantitative estimate of drug-likeness (QED) is 0.0237. The van der Waals surface area contributed by atoms with Gasteiger partial charge in [0.25, 0.3) is 0 Å². The molecule has 0 spiro atoms. The van der Waals surface area contributed by atoms with Crippen molar-refractivity contribution in [1.29, 1.82) is 0 Å². The number of nitrogens with zero attached hydrogens (tertiary/aromatic N) is 1. The summed E-state index contributed by atoms with van der Waals surface area (Å²) in [6.45, 7) is 5.47. The molecule has 0 aromatic carbocycles. The van der Waals surface area contributed by atoms with Crippen molar-refractivity contribution in [2.75, 3.05) is 54.1 Å². The van der Waals surface area contributed by atoms with Gasteiger partial charge in [-0.15, -0.1) is 0 Å². The lowest BCUT2D eigenvalue weighted by Crippen LogP contribution is -2.37. The Balaban J connectivity index is 4.34. The van der Waals surface area contributed by atoms with Crippen molar-refractivity contribution >= 4 is 13.8 Å². The van der Waals surface area contributed by atoms with E-state index in [0.29, 0.717) is 24.1 Å². The van der Waals surface area contributed by atoms with Crippen LogP contribution in [0.5, 0.6) is 0 Å². The van der Waals surface area contributed by atoms with Gasteiger partial charge in [-0.05, 0) is 44.9 Å². The van der Waals surface area contributed by atoms with Gasteiger partial charge in [0.2, 0.25) is 0 Å². The number of rotatable bonds is 34. The molecule has 0 bridgehead atoms. The van der Waals surface area contributed by atoms with Crippen LogP contribution in [0.2, 0.25) is 0 Å². The summed E-state index contributed by atoms with van der Waals surface area (Å²) in [6.07, 6.45) is 34.5. The number of hydrogen-bond acceptors (Lipinski definition) is 6. The first-order valence-corrected chi connectivity index (χ1v) is 20.2. The van der Waals surface area contributed by atoms with Crippen molar-refractivity contribution in [3.63, 3.8) is 0 Å². The predicted molar refractivity (Wildman–Crippen MR) is 196 cm³/mol. The van der Waals surface area contributed by atoms with E-state index in [9.17, 15) is 14.3 Å². The molecule has 0 rings (SSSR count). The van der Waals surface area contributed by atoms with Crippen molar-refractivity contribution in [2.24, 2.45) is 0 Å². The molecule has 0 aliphatic heterocycles. The molecule has 2 atom stereocenters. The Morgan fingerprint density at radius 1 is 0.681 bits per heavy atom. The number of phosphoric ester groups is 1. The van der Waals surface area contributed by atoms with E-state index in [1.165, 1.54) is 51.4 Å². The Kier molecular flexibility index (Phi) is 31.1. The zero-order chi connectivity index (χ0) is 34.9. The summed E-state index contributed by atoms with van der Waals surface area (Å²) >= 11 is 0. The van der Waals surface area contributed by atoms with Crippen LogP contribution < -0.4 is 0 Å². The molecule has 8 nitrogen and oxygen atoms in total. The minimum absolute atomic E-state index is 0.0851. The number of esters is 1. The summed E-state index contributed by atoms with van der Waals surface area (Å²) in [4.78, 5) is 22.7. The number of unbranched alkanes of at least 4 members (excludes halogenated alkanes) is 14. The second kappa shape index (κ2) is 32.0. The van der Waals surface area contributed by atoms with E-state index >= 15 is 0 Å². The first-order chi connectivity index (χ1) is 22.6. The van der Waals surface area contributed by atoms with E-state index in [4.69, 9.17) is 18.5 Å². The van der Waals surface area contributed by atoms with Gasteiger partial charge in [0, 0.05) is 13.0 Å². The normalized spacial score (nSPS) is 14.4. The molecule has 0 radical (unpaired) electrons. The largest absolute Gasteiger partial charge is 0.472 e. The zero-order valence-electron chi connectivity index (χ0n) is 31.0. The van der Waals surface area contributed by atoms with Crippen molar-refractivity contribution in [3.8, 4) is 0 Å². The van der Waals surface area contributed by atoms with Gasteiger partial charge in [0.1, 0.15) is 19.3 Å². The van der Waals surface area contributed by atoms with E-state index < -0.39 is 13.9 Å². The van der Waals surface area contributed by atoms with Gasteiger partial charge < -0.3 is 18.9 Å². The third kappa shape index (κ3) is 35.8. The molecule has 0 fully saturated rings. The number of carbonyl (C=O) groups excluding carboxylic acids is 1. The fourth-order valence-electron chi connectivity index (χ4n) is 4.80. The molecule has 0 heterocycles. The fraction of sp³-hybridized carbons (Fsp3) is 0.816. The maximum Gasteiger partial charge on any atom is 0.472 e. The molecule has 9 heteroatoms. The second-order valence-electron chi connectivity index (χ2n) is 13.6. The molecular weight excluding hydrogens is 613 g/mol. The lowest BCUT2D eigenvalue weighted by Gasteiger charge is -2.24. The number of quaternary nitrogens is 1. The third-order valence-corrected chi connectivity index (χ3v) is 8.70. The summed E-state index contributed by atoms with van der Waals surface area (Å²) < 4.78 is 34.8. The molecule has 0 saturated carbocycles. The lowest BCUT2D eigenvalue weighted by molar-refractivity contribution is -0.870. The number of allylic oxidation sites excluding steroid dienone is 6. The Bertz CT molecular complexity index is 853. The predicted octanol–water partition coefficient (Wildman–Crippen LogP) is 10.3. The minimum Gasteiger partial charge on any atom is -0.457 e. The molecule has 0 aromatic rings. The summed E-state index contributed by atoms with van der Waals surface area (Å²) in [6, 6.07) is 0. The Hall–Kier alpha value is -1.28. The van der Waals surface area contributed by atoms with Crippen molar-refractivity contribution in [3.05, 3.63) is 36.5 Å². The lowest BCUT2D eigenvalue weighted by atomic mass is 10.1. The van der Waals surface area contributed by atoms with Crippen LogP contribution in [0.4, 0.5) is 0 Å². The second-order valence-corrected chi connectivity index (χ2v) is 15.0. The average Bonchev–Trinajstić information content (AvgIpc) is 3.01. The molecule has 0 aromatic heterocycles. The first-order valence-electron chi connectivity index (χ1n) is 18.7. The van der Waals surface area contributed by atoms with E-state index in [1.807, 2.05) is 21.1 Å². The van der Waals surface area contributed by atoms with Crippen LogP contribution in [0.1, 0.15) is 142 Å². The van der Waals surface area contributed by atoms with Crippen LogP contribution in [0.3, 0.4) is 0 Å². The molecule has 1 N–H and O–H groups in total. The highest BCUT2D eigenvalue weighted by molar-refractivity contribution is 7.47. The van der Waals surface area contributed by atoms with Crippen LogP contribution in [0, 0.1) is 0 Å². The van der Waals surface area contributed by atoms with Gasteiger partial charge in [-0.1, -0.05) is 127 Å². The van der Waals surface area contributed by atoms with E-state index in [1.54, 1.807) is 0 Å². The van der Waals surface area contributed by atoms with Crippen LogP contribution in [-0.4, -0.2) is 75.6 Å².